The number of aryl methyl sites for hydroxylation is 2. The van der Waals surface area contributed by atoms with Gasteiger partial charge in [-0.1, -0.05) is 38.5 Å². The molecule has 5 nitrogen and oxygen atoms in total. The maximum atomic E-state index is 12.9. The summed E-state index contributed by atoms with van der Waals surface area (Å²) in [6.45, 7) is 9.76. The molecule has 2 unspecified atom stereocenters. The first kappa shape index (κ1) is 29.6. The lowest BCUT2D eigenvalue weighted by molar-refractivity contribution is -0.166. The Hall–Kier alpha value is -2.91. The predicted molar refractivity (Wildman–Crippen MR) is 143 cm³/mol. The lowest BCUT2D eigenvalue weighted by Crippen LogP contribution is -2.43. The number of aliphatic carboxylic acids is 1. The number of rotatable bonds is 12. The van der Waals surface area contributed by atoms with Gasteiger partial charge in [-0.25, -0.2) is 9.78 Å². The van der Waals surface area contributed by atoms with Gasteiger partial charge in [0.05, 0.1) is 16.1 Å². The summed E-state index contributed by atoms with van der Waals surface area (Å²) >= 11 is 1.42. The zero-order valence-electron chi connectivity index (χ0n) is 22.3. The van der Waals surface area contributed by atoms with Crippen LogP contribution in [-0.4, -0.2) is 28.3 Å². The maximum Gasteiger partial charge on any atom is 0.416 e. The highest BCUT2D eigenvalue weighted by atomic mass is 32.1. The molecule has 9 heteroatoms. The highest BCUT2D eigenvalue weighted by Gasteiger charge is 2.38. The summed E-state index contributed by atoms with van der Waals surface area (Å²) in [4.78, 5) is 17.5. The number of thiazole rings is 1. The molecule has 0 spiro atoms. The van der Waals surface area contributed by atoms with Crippen LogP contribution in [0.25, 0.3) is 10.6 Å². The number of ether oxygens (including phenoxy) is 2. The largest absolute Gasteiger partial charge is 0.485 e. The molecule has 2 atom stereocenters. The summed E-state index contributed by atoms with van der Waals surface area (Å²) in [5, 5.41) is 10.5. The molecular weight excluding hydrogens is 515 g/mol. The average Bonchev–Trinajstić information content (AvgIpc) is 3.25. The Morgan fingerprint density at radius 2 is 1.76 bits per heavy atom. The molecule has 0 fully saturated rings. The molecule has 0 aliphatic carbocycles. The average molecular weight is 550 g/mol. The van der Waals surface area contributed by atoms with Gasteiger partial charge >= 0.3 is 12.1 Å². The van der Waals surface area contributed by atoms with Gasteiger partial charge in [-0.3, -0.25) is 0 Å². The molecule has 0 aliphatic heterocycles. The van der Waals surface area contributed by atoms with Crippen LogP contribution in [0.4, 0.5) is 13.2 Å². The van der Waals surface area contributed by atoms with Crippen molar-refractivity contribution in [2.45, 2.75) is 78.2 Å². The number of alkyl halides is 3. The van der Waals surface area contributed by atoms with Crippen LogP contribution in [-0.2, 0) is 22.1 Å². The fourth-order valence-electron chi connectivity index (χ4n) is 4.39. The normalized spacial score (nSPS) is 14.2. The number of nitrogens with zero attached hydrogens (tertiary/aromatic N) is 1. The summed E-state index contributed by atoms with van der Waals surface area (Å²) in [6.07, 6.45) is -2.47. The number of carbonyl (C=O) groups is 1. The van der Waals surface area contributed by atoms with Crippen molar-refractivity contribution in [1.29, 1.82) is 0 Å². The third-order valence-electron chi connectivity index (χ3n) is 6.58. The van der Waals surface area contributed by atoms with Crippen LogP contribution in [0.2, 0.25) is 0 Å². The van der Waals surface area contributed by atoms with Crippen LogP contribution in [0.1, 0.15) is 73.4 Å². The van der Waals surface area contributed by atoms with Gasteiger partial charge in [0.25, 0.3) is 0 Å². The molecule has 0 bridgehead atoms. The summed E-state index contributed by atoms with van der Waals surface area (Å²) in [5.41, 5.74) is 1.22. The molecule has 1 N–H and O–H groups in total. The molecule has 1 aromatic heterocycles. The Morgan fingerprint density at radius 1 is 1.08 bits per heavy atom. The number of carboxylic acid groups (broad SMARTS) is 1. The van der Waals surface area contributed by atoms with Gasteiger partial charge < -0.3 is 14.6 Å². The van der Waals surface area contributed by atoms with E-state index in [9.17, 15) is 23.1 Å². The van der Waals surface area contributed by atoms with E-state index in [-0.39, 0.29) is 12.5 Å². The minimum Gasteiger partial charge on any atom is -0.485 e. The molecule has 0 saturated carbocycles. The Kier molecular flexibility index (Phi) is 9.59. The Morgan fingerprint density at radius 3 is 2.29 bits per heavy atom. The smallest absolute Gasteiger partial charge is 0.416 e. The van der Waals surface area contributed by atoms with E-state index in [4.69, 9.17) is 9.47 Å². The fraction of sp³-hybridized carbons (Fsp3) is 0.448. The standard InChI is InChI=1S/C29H34F3NO4S/c1-6-9-24(25-19(5)33-26(38-25)20-10-13-22(14-11-20)29(30,31)32)37-23-15-12-21(18(4)16-23)17-28(7-2,27(34)35)36-8-3/h10-16,24H,6-9,17H2,1-5H3,(H,34,35). The molecule has 0 amide bonds. The minimum atomic E-state index is -4.38. The highest BCUT2D eigenvalue weighted by Crippen LogP contribution is 2.38. The van der Waals surface area contributed by atoms with Crippen molar-refractivity contribution in [3.05, 3.63) is 69.7 Å². The van der Waals surface area contributed by atoms with Crippen LogP contribution in [0.5, 0.6) is 5.75 Å². The second-order valence-corrected chi connectivity index (χ2v) is 10.3. The Balaban J connectivity index is 1.84. The monoisotopic (exact) mass is 549 g/mol. The zero-order valence-corrected chi connectivity index (χ0v) is 23.1. The summed E-state index contributed by atoms with van der Waals surface area (Å²) in [6, 6.07) is 10.6. The molecule has 0 radical (unpaired) electrons. The third kappa shape index (κ3) is 6.74. The SMILES string of the molecule is CCCC(Oc1ccc(CC(CC)(OCC)C(=O)O)c(C)c1)c1sc(-c2ccc(C(F)(F)F)cc2)nc1C. The number of hydrogen-bond donors (Lipinski definition) is 1. The van der Waals surface area contributed by atoms with Crippen LogP contribution in [0, 0.1) is 13.8 Å². The minimum absolute atomic E-state index is 0.252. The van der Waals surface area contributed by atoms with Crippen molar-refractivity contribution < 1.29 is 32.5 Å². The van der Waals surface area contributed by atoms with Gasteiger partial charge in [-0.15, -0.1) is 11.3 Å². The van der Waals surface area contributed by atoms with Gasteiger partial charge in [0.15, 0.2) is 5.60 Å². The van der Waals surface area contributed by atoms with Crippen molar-refractivity contribution in [3.8, 4) is 16.3 Å². The molecular formula is C29H34F3NO4S. The van der Waals surface area contributed by atoms with Crippen LogP contribution < -0.4 is 4.74 Å². The quantitative estimate of drug-likeness (QED) is 0.247. The number of benzene rings is 2. The van der Waals surface area contributed by atoms with Gasteiger partial charge in [0.1, 0.15) is 16.9 Å². The van der Waals surface area contributed by atoms with E-state index in [2.05, 4.69) is 11.9 Å². The molecule has 38 heavy (non-hydrogen) atoms. The van der Waals surface area contributed by atoms with E-state index >= 15 is 0 Å². The fourth-order valence-corrected chi connectivity index (χ4v) is 5.53. The molecule has 0 saturated heterocycles. The number of halogens is 3. The van der Waals surface area contributed by atoms with Gasteiger partial charge in [-0.05, 0) is 69.0 Å². The first-order chi connectivity index (χ1) is 17.9. The van der Waals surface area contributed by atoms with Gasteiger partial charge in [0, 0.05) is 18.6 Å². The molecule has 206 valence electrons. The van der Waals surface area contributed by atoms with E-state index in [1.54, 1.807) is 6.92 Å². The summed E-state index contributed by atoms with van der Waals surface area (Å²) in [7, 11) is 0. The van der Waals surface area contributed by atoms with Crippen molar-refractivity contribution in [3.63, 3.8) is 0 Å². The lowest BCUT2D eigenvalue weighted by atomic mass is 9.89. The molecule has 3 aromatic rings. The Bertz CT molecular complexity index is 1240. The van der Waals surface area contributed by atoms with E-state index in [1.807, 2.05) is 39.0 Å². The third-order valence-corrected chi connectivity index (χ3v) is 7.88. The molecule has 0 aliphatic rings. The highest BCUT2D eigenvalue weighted by molar-refractivity contribution is 7.15. The van der Waals surface area contributed by atoms with E-state index in [0.29, 0.717) is 29.3 Å². The second-order valence-electron chi connectivity index (χ2n) is 9.29. The lowest BCUT2D eigenvalue weighted by Gasteiger charge is -2.29. The van der Waals surface area contributed by atoms with Gasteiger partial charge in [-0.2, -0.15) is 13.2 Å². The number of aromatic nitrogens is 1. The number of carboxylic acids is 1. The van der Waals surface area contributed by atoms with Crippen LogP contribution in [0.15, 0.2) is 42.5 Å². The van der Waals surface area contributed by atoms with E-state index < -0.39 is 23.3 Å². The number of hydrogen-bond acceptors (Lipinski definition) is 5. The zero-order chi connectivity index (χ0) is 28.1. The summed E-state index contributed by atoms with van der Waals surface area (Å²) < 4.78 is 50.9. The van der Waals surface area contributed by atoms with Crippen LogP contribution in [0.3, 0.4) is 0 Å². The van der Waals surface area contributed by atoms with Crippen molar-refractivity contribution >= 4 is 17.3 Å². The van der Waals surface area contributed by atoms with Crippen LogP contribution >= 0.6 is 11.3 Å². The van der Waals surface area contributed by atoms with Crippen molar-refractivity contribution in [1.82, 2.24) is 4.98 Å². The first-order valence-electron chi connectivity index (χ1n) is 12.7. The molecule has 2 aromatic carbocycles. The topological polar surface area (TPSA) is 68.7 Å². The van der Waals surface area contributed by atoms with Crippen molar-refractivity contribution in [2.24, 2.45) is 0 Å². The maximum absolute atomic E-state index is 12.9. The predicted octanol–water partition coefficient (Wildman–Crippen LogP) is 8.18. The van der Waals surface area contributed by atoms with E-state index in [0.717, 1.165) is 46.7 Å². The first-order valence-corrected chi connectivity index (χ1v) is 13.5. The van der Waals surface area contributed by atoms with E-state index in [1.165, 1.54) is 23.5 Å². The van der Waals surface area contributed by atoms with Gasteiger partial charge in [0.2, 0.25) is 0 Å². The second kappa shape index (κ2) is 12.3. The Labute approximate surface area is 225 Å². The summed E-state index contributed by atoms with van der Waals surface area (Å²) in [5.74, 6) is -0.323. The molecule has 1 heterocycles. The van der Waals surface area contributed by atoms with Crippen molar-refractivity contribution in [2.75, 3.05) is 6.61 Å². The molecule has 3 rings (SSSR count).